The van der Waals surface area contributed by atoms with Gasteiger partial charge in [0.15, 0.2) is 11.6 Å². The molecular formula is C9H8F2N4O. The highest BCUT2D eigenvalue weighted by atomic mass is 19.2. The molecule has 0 radical (unpaired) electrons. The number of halogens is 2. The first-order chi connectivity index (χ1) is 7.66. The first kappa shape index (κ1) is 11.9. The lowest BCUT2D eigenvalue weighted by Crippen LogP contribution is -2.27. The van der Waals surface area contributed by atoms with E-state index in [2.05, 4.69) is 15.3 Å². The molecule has 0 aliphatic carbocycles. The van der Waals surface area contributed by atoms with Crippen LogP contribution < -0.4 is 5.32 Å². The summed E-state index contributed by atoms with van der Waals surface area (Å²) in [7, 11) is 0. The molecule has 0 aliphatic heterocycles. The monoisotopic (exact) mass is 226 g/mol. The van der Waals surface area contributed by atoms with Crippen LogP contribution in [-0.4, -0.2) is 19.0 Å². The summed E-state index contributed by atoms with van der Waals surface area (Å²) in [6.45, 7) is 0.123. The van der Waals surface area contributed by atoms with Crippen molar-refractivity contribution in [3.05, 3.63) is 45.8 Å². The lowest BCUT2D eigenvalue weighted by molar-refractivity contribution is 0.0949. The predicted octanol–water partition coefficient (Wildman–Crippen LogP) is 2.00. The maximum absolute atomic E-state index is 13.1. The highest BCUT2D eigenvalue weighted by molar-refractivity contribution is 5.94. The molecule has 1 aromatic rings. The van der Waals surface area contributed by atoms with E-state index in [1.54, 1.807) is 0 Å². The lowest BCUT2D eigenvalue weighted by Gasteiger charge is -2.04. The highest BCUT2D eigenvalue weighted by Crippen LogP contribution is 2.10. The van der Waals surface area contributed by atoms with Crippen LogP contribution in [0.15, 0.2) is 23.3 Å². The zero-order valence-corrected chi connectivity index (χ0v) is 8.15. The minimum absolute atomic E-state index is 0.0547. The van der Waals surface area contributed by atoms with Crippen molar-refractivity contribution < 1.29 is 13.6 Å². The molecule has 0 unspecified atom stereocenters. The Morgan fingerprint density at radius 1 is 1.50 bits per heavy atom. The molecule has 0 aliphatic rings. The number of amides is 1. The Bertz CT molecular complexity index is 443. The van der Waals surface area contributed by atoms with Crippen molar-refractivity contribution in [2.24, 2.45) is 5.11 Å². The summed E-state index contributed by atoms with van der Waals surface area (Å²) in [5, 5.41) is 5.47. The molecule has 0 aromatic heterocycles. The third-order valence-electron chi connectivity index (χ3n) is 1.76. The van der Waals surface area contributed by atoms with Gasteiger partial charge in [-0.2, -0.15) is 0 Å². The zero-order valence-electron chi connectivity index (χ0n) is 8.15. The number of rotatable bonds is 4. The van der Waals surface area contributed by atoms with Gasteiger partial charge in [0.1, 0.15) is 0 Å². The van der Waals surface area contributed by atoms with Gasteiger partial charge in [0.05, 0.1) is 5.56 Å². The molecule has 0 atom stereocenters. The molecule has 0 saturated carbocycles. The summed E-state index contributed by atoms with van der Waals surface area (Å²) in [6.07, 6.45) is 0. The van der Waals surface area contributed by atoms with Crippen molar-refractivity contribution >= 4 is 5.91 Å². The molecule has 16 heavy (non-hydrogen) atoms. The van der Waals surface area contributed by atoms with E-state index in [0.717, 1.165) is 6.07 Å². The van der Waals surface area contributed by atoms with Gasteiger partial charge in [-0.05, 0) is 17.7 Å². The Kier molecular flexibility index (Phi) is 4.23. The van der Waals surface area contributed by atoms with E-state index in [-0.39, 0.29) is 18.7 Å². The molecule has 1 aromatic carbocycles. The Morgan fingerprint density at radius 2 is 2.25 bits per heavy atom. The number of nitrogens with zero attached hydrogens (tertiary/aromatic N) is 3. The van der Waals surface area contributed by atoms with Gasteiger partial charge in [-0.15, -0.1) is 0 Å². The number of azide groups is 1. The summed E-state index contributed by atoms with van der Waals surface area (Å²) in [5.74, 6) is -3.02. The Labute approximate surface area is 89.7 Å². The summed E-state index contributed by atoms with van der Waals surface area (Å²) in [5.41, 5.74) is 7.59. The molecule has 0 heterocycles. The van der Waals surface area contributed by atoms with E-state index >= 15 is 0 Å². The first-order valence-electron chi connectivity index (χ1n) is 4.40. The lowest BCUT2D eigenvalue weighted by atomic mass is 10.2. The number of hydrogen-bond donors (Lipinski definition) is 1. The van der Waals surface area contributed by atoms with Crippen LogP contribution >= 0.6 is 0 Å². The van der Waals surface area contributed by atoms with Gasteiger partial charge in [0.2, 0.25) is 0 Å². The maximum atomic E-state index is 13.1. The van der Waals surface area contributed by atoms with E-state index in [1.165, 1.54) is 12.1 Å². The predicted molar refractivity (Wildman–Crippen MR) is 52.7 cm³/mol. The van der Waals surface area contributed by atoms with Crippen LogP contribution in [0.2, 0.25) is 0 Å². The Balaban J connectivity index is 2.66. The van der Waals surface area contributed by atoms with Gasteiger partial charge in [0.25, 0.3) is 5.91 Å². The fraction of sp³-hybridized carbons (Fsp3) is 0.222. The summed E-state index contributed by atoms with van der Waals surface area (Å²) in [6, 6.07) is 3.33. The number of nitrogens with one attached hydrogen (secondary N) is 1. The average molecular weight is 226 g/mol. The topological polar surface area (TPSA) is 77.9 Å². The standard InChI is InChI=1S/C9H8F2N4O/c10-7-3-1-2-6(8(7)11)9(16)13-4-5-14-15-12/h1-3H,4-5H2,(H,13,16). The molecule has 0 fully saturated rings. The molecule has 7 heteroatoms. The van der Waals surface area contributed by atoms with Gasteiger partial charge >= 0.3 is 0 Å². The van der Waals surface area contributed by atoms with E-state index in [9.17, 15) is 13.6 Å². The molecule has 0 spiro atoms. The number of carbonyl (C=O) groups excluding carboxylic acids is 1. The van der Waals surface area contributed by atoms with Crippen molar-refractivity contribution in [1.29, 1.82) is 0 Å². The summed E-state index contributed by atoms with van der Waals surface area (Å²) in [4.78, 5) is 13.8. The van der Waals surface area contributed by atoms with Gasteiger partial charge in [0, 0.05) is 18.0 Å². The second kappa shape index (κ2) is 5.67. The van der Waals surface area contributed by atoms with Gasteiger partial charge < -0.3 is 5.32 Å². The zero-order chi connectivity index (χ0) is 12.0. The van der Waals surface area contributed by atoms with Crippen LogP contribution in [0.1, 0.15) is 10.4 Å². The van der Waals surface area contributed by atoms with Gasteiger partial charge in [-0.1, -0.05) is 11.2 Å². The highest BCUT2D eigenvalue weighted by Gasteiger charge is 2.13. The molecular weight excluding hydrogens is 218 g/mol. The van der Waals surface area contributed by atoms with E-state index in [4.69, 9.17) is 5.53 Å². The van der Waals surface area contributed by atoms with Crippen LogP contribution in [0, 0.1) is 11.6 Å². The minimum Gasteiger partial charge on any atom is -0.352 e. The second-order valence-electron chi connectivity index (χ2n) is 2.81. The van der Waals surface area contributed by atoms with Crippen LogP contribution in [0.4, 0.5) is 8.78 Å². The molecule has 84 valence electrons. The summed E-state index contributed by atoms with van der Waals surface area (Å²) >= 11 is 0. The molecule has 1 N–H and O–H groups in total. The number of benzene rings is 1. The van der Waals surface area contributed by atoms with E-state index in [1.807, 2.05) is 0 Å². The smallest absolute Gasteiger partial charge is 0.254 e. The third-order valence-corrected chi connectivity index (χ3v) is 1.76. The van der Waals surface area contributed by atoms with Crippen molar-refractivity contribution in [1.82, 2.24) is 5.32 Å². The molecule has 0 saturated heterocycles. The van der Waals surface area contributed by atoms with Gasteiger partial charge in [-0.25, -0.2) is 8.78 Å². The molecule has 0 bridgehead atoms. The Morgan fingerprint density at radius 3 is 2.94 bits per heavy atom. The van der Waals surface area contributed by atoms with Crippen LogP contribution in [0.25, 0.3) is 10.4 Å². The minimum atomic E-state index is -1.19. The Hall–Kier alpha value is -2.14. The van der Waals surface area contributed by atoms with E-state index < -0.39 is 17.5 Å². The first-order valence-corrected chi connectivity index (χ1v) is 4.40. The van der Waals surface area contributed by atoms with Crippen LogP contribution in [0.5, 0.6) is 0 Å². The number of carbonyl (C=O) groups is 1. The fourth-order valence-electron chi connectivity index (χ4n) is 1.04. The van der Waals surface area contributed by atoms with E-state index in [0.29, 0.717) is 0 Å². The average Bonchev–Trinajstić information content (AvgIpc) is 2.28. The molecule has 1 amide bonds. The third kappa shape index (κ3) is 2.93. The quantitative estimate of drug-likeness (QED) is 0.362. The van der Waals surface area contributed by atoms with Crippen molar-refractivity contribution in [3.8, 4) is 0 Å². The normalized spacial score (nSPS) is 9.38. The second-order valence-corrected chi connectivity index (χ2v) is 2.81. The van der Waals surface area contributed by atoms with Crippen LogP contribution in [-0.2, 0) is 0 Å². The fourth-order valence-corrected chi connectivity index (χ4v) is 1.04. The molecule has 1 rings (SSSR count). The SMILES string of the molecule is [N-]=[N+]=NCCNC(=O)c1cccc(F)c1F. The number of hydrogen-bond acceptors (Lipinski definition) is 2. The molecule has 5 nitrogen and oxygen atoms in total. The largest absolute Gasteiger partial charge is 0.352 e. The van der Waals surface area contributed by atoms with Crippen molar-refractivity contribution in [2.45, 2.75) is 0 Å². The van der Waals surface area contributed by atoms with Crippen molar-refractivity contribution in [3.63, 3.8) is 0 Å². The van der Waals surface area contributed by atoms with Gasteiger partial charge in [-0.3, -0.25) is 4.79 Å². The maximum Gasteiger partial charge on any atom is 0.254 e. The van der Waals surface area contributed by atoms with Crippen molar-refractivity contribution in [2.75, 3.05) is 13.1 Å². The summed E-state index contributed by atoms with van der Waals surface area (Å²) < 4.78 is 25.9. The van der Waals surface area contributed by atoms with Crippen LogP contribution in [0.3, 0.4) is 0 Å².